The maximum Gasteiger partial charge on any atom is 0.511 e. The van der Waals surface area contributed by atoms with Crippen molar-refractivity contribution in [3.05, 3.63) is 35.4 Å². The predicted octanol–water partition coefficient (Wildman–Crippen LogP) is 3.31. The minimum Gasteiger partial charge on any atom is -0.247 e. The van der Waals surface area contributed by atoms with Gasteiger partial charge in [-0.05, 0) is 56.7 Å². The van der Waals surface area contributed by atoms with Crippen molar-refractivity contribution in [1.29, 1.82) is 0 Å². The standard InChI is InChI=1S/C18H22F6N2O4S2/c19-12-5-9-26(10-6-12)32(29,30)17(15-11-13(20)1-2-16(15)21)7-3-14(4-8-17)25-31(27,28)18(22,23)24/h1-2,11-12,14,25H,3-10H2. The summed E-state index contributed by atoms with van der Waals surface area (Å²) < 4.78 is 131. The second kappa shape index (κ2) is 8.76. The van der Waals surface area contributed by atoms with Gasteiger partial charge in [-0.15, -0.1) is 0 Å². The molecule has 1 aliphatic carbocycles. The highest BCUT2D eigenvalue weighted by atomic mass is 32.2. The van der Waals surface area contributed by atoms with Crippen LogP contribution in [0.15, 0.2) is 18.2 Å². The summed E-state index contributed by atoms with van der Waals surface area (Å²) in [5.74, 6) is -1.91. The fraction of sp³-hybridized carbons (Fsp3) is 0.667. The number of alkyl halides is 4. The zero-order valence-corrected chi connectivity index (χ0v) is 18.3. The summed E-state index contributed by atoms with van der Waals surface area (Å²) in [6, 6.07) is 1.05. The van der Waals surface area contributed by atoms with E-state index in [1.54, 1.807) is 0 Å². The van der Waals surface area contributed by atoms with Gasteiger partial charge >= 0.3 is 15.5 Å². The summed E-state index contributed by atoms with van der Waals surface area (Å²) in [4.78, 5) is 0. The van der Waals surface area contributed by atoms with E-state index >= 15 is 0 Å². The van der Waals surface area contributed by atoms with Gasteiger partial charge in [0.05, 0.1) is 0 Å². The van der Waals surface area contributed by atoms with Gasteiger partial charge < -0.3 is 0 Å². The van der Waals surface area contributed by atoms with E-state index in [4.69, 9.17) is 0 Å². The van der Waals surface area contributed by atoms with Gasteiger partial charge in [-0.3, -0.25) is 0 Å². The van der Waals surface area contributed by atoms with Crippen LogP contribution in [0.3, 0.4) is 0 Å². The summed E-state index contributed by atoms with van der Waals surface area (Å²) in [7, 11) is -10.1. The largest absolute Gasteiger partial charge is 0.511 e. The number of halogens is 6. The van der Waals surface area contributed by atoms with E-state index in [9.17, 15) is 43.2 Å². The zero-order chi connectivity index (χ0) is 23.9. The van der Waals surface area contributed by atoms with Crippen LogP contribution in [-0.4, -0.2) is 52.0 Å². The lowest BCUT2D eigenvalue weighted by Gasteiger charge is -2.44. The Hall–Kier alpha value is -1.38. The summed E-state index contributed by atoms with van der Waals surface area (Å²) in [5, 5.41) is 0. The molecular weight excluding hydrogens is 486 g/mol. The number of rotatable bonds is 5. The summed E-state index contributed by atoms with van der Waals surface area (Å²) in [5.41, 5.74) is -6.02. The predicted molar refractivity (Wildman–Crippen MR) is 103 cm³/mol. The molecule has 0 spiro atoms. The van der Waals surface area contributed by atoms with Gasteiger partial charge in [-0.25, -0.2) is 39.0 Å². The lowest BCUT2D eigenvalue weighted by molar-refractivity contribution is -0.0452. The number of nitrogens with one attached hydrogen (secondary N) is 1. The van der Waals surface area contributed by atoms with Crippen molar-refractivity contribution in [2.45, 2.75) is 61.0 Å². The molecule has 1 saturated heterocycles. The van der Waals surface area contributed by atoms with Gasteiger partial charge in [0.1, 0.15) is 22.6 Å². The van der Waals surface area contributed by atoms with Gasteiger partial charge in [0.25, 0.3) is 0 Å². The molecular formula is C18H22F6N2O4S2. The van der Waals surface area contributed by atoms with E-state index in [0.29, 0.717) is 0 Å². The molecule has 2 fully saturated rings. The number of nitrogens with zero attached hydrogens (tertiary/aromatic N) is 1. The van der Waals surface area contributed by atoms with Crippen LogP contribution >= 0.6 is 0 Å². The fourth-order valence-electron chi connectivity index (χ4n) is 4.31. The Balaban J connectivity index is 1.97. The first kappa shape index (κ1) is 25.2. The third-order valence-electron chi connectivity index (χ3n) is 6.06. The van der Waals surface area contributed by atoms with Gasteiger partial charge in [0, 0.05) is 24.7 Å². The van der Waals surface area contributed by atoms with Gasteiger partial charge in [0.2, 0.25) is 10.0 Å². The molecule has 32 heavy (non-hydrogen) atoms. The molecule has 1 aliphatic heterocycles. The molecule has 1 heterocycles. The number of hydrogen-bond acceptors (Lipinski definition) is 4. The van der Waals surface area contributed by atoms with Crippen LogP contribution in [0, 0.1) is 11.6 Å². The molecule has 0 radical (unpaired) electrons. The first-order valence-corrected chi connectivity index (χ1v) is 12.8. The lowest BCUT2D eigenvalue weighted by Crippen LogP contribution is -2.53. The van der Waals surface area contributed by atoms with Crippen LogP contribution < -0.4 is 4.72 Å². The summed E-state index contributed by atoms with van der Waals surface area (Å²) >= 11 is 0. The van der Waals surface area contributed by atoms with Crippen molar-refractivity contribution in [3.63, 3.8) is 0 Å². The Kier molecular flexibility index (Phi) is 6.91. The highest BCUT2D eigenvalue weighted by Gasteiger charge is 2.54. The highest BCUT2D eigenvalue weighted by Crippen LogP contribution is 2.47. The fourth-order valence-corrected chi connectivity index (χ4v) is 7.49. The van der Waals surface area contributed by atoms with Crippen LogP contribution in [0.4, 0.5) is 26.3 Å². The topological polar surface area (TPSA) is 83.5 Å². The molecule has 0 unspecified atom stereocenters. The highest BCUT2D eigenvalue weighted by molar-refractivity contribution is 7.90. The van der Waals surface area contributed by atoms with Crippen LogP contribution in [0.5, 0.6) is 0 Å². The molecule has 2 aliphatic rings. The maximum atomic E-state index is 14.7. The SMILES string of the molecule is O=S(=O)(NC1CCC(c2cc(F)ccc2F)(S(=O)(=O)N2CCC(F)CC2)CC1)C(F)(F)F. The van der Waals surface area contributed by atoms with Gasteiger partial charge in [-0.1, -0.05) is 0 Å². The Labute approximate surface area is 182 Å². The number of benzene rings is 1. The van der Waals surface area contributed by atoms with Crippen molar-refractivity contribution < 1.29 is 43.2 Å². The quantitative estimate of drug-likeness (QED) is 0.619. The lowest BCUT2D eigenvalue weighted by atomic mass is 9.81. The van der Waals surface area contributed by atoms with Gasteiger partial charge in [0.15, 0.2) is 0 Å². The molecule has 1 aromatic rings. The molecule has 6 nitrogen and oxygen atoms in total. The minimum absolute atomic E-state index is 0.0745. The molecule has 14 heteroatoms. The average Bonchev–Trinajstić information content (AvgIpc) is 2.69. The number of piperidine rings is 1. The van der Waals surface area contributed by atoms with E-state index in [2.05, 4.69) is 0 Å². The van der Waals surface area contributed by atoms with Crippen molar-refractivity contribution in [2.24, 2.45) is 0 Å². The average molecular weight is 509 g/mol. The second-order valence-corrected chi connectivity index (χ2v) is 12.0. The van der Waals surface area contributed by atoms with E-state index in [-0.39, 0.29) is 38.8 Å². The van der Waals surface area contributed by atoms with Crippen molar-refractivity contribution in [1.82, 2.24) is 9.03 Å². The zero-order valence-electron chi connectivity index (χ0n) is 16.7. The van der Waals surface area contributed by atoms with Crippen LogP contribution in [0.1, 0.15) is 44.1 Å². The molecule has 1 saturated carbocycles. The molecule has 0 aromatic heterocycles. The van der Waals surface area contributed by atoms with Crippen LogP contribution in [0.2, 0.25) is 0 Å². The maximum absolute atomic E-state index is 14.7. The van der Waals surface area contributed by atoms with Crippen LogP contribution in [0.25, 0.3) is 0 Å². The second-order valence-electron chi connectivity index (χ2n) is 8.04. The normalized spacial score (nSPS) is 26.9. The van der Waals surface area contributed by atoms with E-state index in [0.717, 1.165) is 22.5 Å². The Morgan fingerprint density at radius 2 is 1.53 bits per heavy atom. The molecule has 1 N–H and O–H groups in total. The Bertz CT molecular complexity index is 1050. The minimum atomic E-state index is -5.66. The van der Waals surface area contributed by atoms with Crippen molar-refractivity contribution >= 4 is 20.0 Å². The molecule has 0 bridgehead atoms. The Morgan fingerprint density at radius 1 is 0.969 bits per heavy atom. The first-order chi connectivity index (χ1) is 14.7. The molecule has 182 valence electrons. The molecule has 0 atom stereocenters. The summed E-state index contributed by atoms with van der Waals surface area (Å²) in [6.07, 6.45) is -2.96. The van der Waals surface area contributed by atoms with Gasteiger partial charge in [-0.2, -0.15) is 13.2 Å². The first-order valence-electron chi connectivity index (χ1n) is 9.87. The third kappa shape index (κ3) is 4.64. The van der Waals surface area contributed by atoms with E-state index in [1.807, 2.05) is 0 Å². The van der Waals surface area contributed by atoms with Crippen molar-refractivity contribution in [3.8, 4) is 0 Å². The number of hydrogen-bond donors (Lipinski definition) is 1. The third-order valence-corrected chi connectivity index (χ3v) is 9.97. The molecule has 1 aromatic carbocycles. The monoisotopic (exact) mass is 508 g/mol. The summed E-state index contributed by atoms with van der Waals surface area (Å²) in [6.45, 7) is -0.349. The van der Waals surface area contributed by atoms with Crippen molar-refractivity contribution in [2.75, 3.05) is 13.1 Å². The smallest absolute Gasteiger partial charge is 0.247 e. The van der Waals surface area contributed by atoms with E-state index in [1.165, 1.54) is 4.72 Å². The van der Waals surface area contributed by atoms with E-state index < -0.39 is 72.6 Å². The molecule has 3 rings (SSSR count). The molecule has 0 amide bonds. The van der Waals surface area contributed by atoms with Crippen LogP contribution in [-0.2, 0) is 24.8 Å². The number of sulfonamides is 2. The Morgan fingerprint density at radius 3 is 2.06 bits per heavy atom.